The lowest BCUT2D eigenvalue weighted by Crippen LogP contribution is -2.39. The SMILES string of the molecule is CC(C)C(C)(N)c1ccc(Br)c(Cl)c1F. The third-order valence-electron chi connectivity index (χ3n) is 2.81. The second-order valence-corrected chi connectivity index (χ2v) is 5.39. The Bertz CT molecular complexity index is 377. The molecule has 1 aromatic rings. The van der Waals surface area contributed by atoms with Crippen molar-refractivity contribution in [1.82, 2.24) is 0 Å². The largest absolute Gasteiger partial charge is 0.321 e. The van der Waals surface area contributed by atoms with Gasteiger partial charge >= 0.3 is 0 Å². The van der Waals surface area contributed by atoms with Gasteiger partial charge in [0.1, 0.15) is 5.82 Å². The van der Waals surface area contributed by atoms with Gasteiger partial charge in [-0.05, 0) is 34.8 Å². The van der Waals surface area contributed by atoms with Crippen molar-refractivity contribution < 1.29 is 4.39 Å². The molecular weight excluding hydrogens is 280 g/mol. The van der Waals surface area contributed by atoms with Gasteiger partial charge in [-0.2, -0.15) is 0 Å². The molecule has 0 amide bonds. The maximum Gasteiger partial charge on any atom is 0.147 e. The molecule has 4 heteroatoms. The first-order valence-corrected chi connectivity index (χ1v) is 5.88. The summed E-state index contributed by atoms with van der Waals surface area (Å²) in [5.41, 5.74) is 5.82. The molecule has 0 aromatic heterocycles. The molecule has 0 saturated heterocycles. The maximum atomic E-state index is 13.9. The Labute approximate surface area is 103 Å². The van der Waals surface area contributed by atoms with E-state index in [0.717, 1.165) is 0 Å². The van der Waals surface area contributed by atoms with E-state index in [-0.39, 0.29) is 10.9 Å². The van der Waals surface area contributed by atoms with E-state index < -0.39 is 11.4 Å². The first-order chi connectivity index (χ1) is 6.78. The topological polar surface area (TPSA) is 26.0 Å². The predicted octanol–water partition coefficient (Wildman–Crippen LogP) is 4.07. The van der Waals surface area contributed by atoms with Gasteiger partial charge in [0.2, 0.25) is 0 Å². The molecule has 84 valence electrons. The normalized spacial score (nSPS) is 15.5. The quantitative estimate of drug-likeness (QED) is 0.818. The van der Waals surface area contributed by atoms with E-state index in [9.17, 15) is 4.39 Å². The second kappa shape index (κ2) is 4.40. The van der Waals surface area contributed by atoms with Crippen LogP contribution in [0.2, 0.25) is 5.02 Å². The van der Waals surface area contributed by atoms with E-state index in [2.05, 4.69) is 15.9 Å². The van der Waals surface area contributed by atoms with Gasteiger partial charge in [-0.15, -0.1) is 0 Å². The van der Waals surface area contributed by atoms with Crippen molar-refractivity contribution in [1.29, 1.82) is 0 Å². The van der Waals surface area contributed by atoms with E-state index in [1.54, 1.807) is 19.1 Å². The van der Waals surface area contributed by atoms with Crippen molar-refractivity contribution in [2.75, 3.05) is 0 Å². The molecule has 15 heavy (non-hydrogen) atoms. The van der Waals surface area contributed by atoms with Crippen LogP contribution < -0.4 is 5.73 Å². The Morgan fingerprint density at radius 1 is 1.47 bits per heavy atom. The Morgan fingerprint density at radius 3 is 2.47 bits per heavy atom. The van der Waals surface area contributed by atoms with Crippen molar-refractivity contribution in [3.63, 3.8) is 0 Å². The zero-order valence-electron chi connectivity index (χ0n) is 8.94. The van der Waals surface area contributed by atoms with Gasteiger partial charge in [-0.1, -0.05) is 31.5 Å². The summed E-state index contributed by atoms with van der Waals surface area (Å²) >= 11 is 8.99. The van der Waals surface area contributed by atoms with Crippen LogP contribution in [0.5, 0.6) is 0 Å². The highest BCUT2D eigenvalue weighted by Gasteiger charge is 2.29. The fourth-order valence-corrected chi connectivity index (χ4v) is 1.72. The molecule has 1 atom stereocenters. The zero-order valence-corrected chi connectivity index (χ0v) is 11.3. The number of hydrogen-bond acceptors (Lipinski definition) is 1. The van der Waals surface area contributed by atoms with Gasteiger partial charge in [0.05, 0.1) is 5.02 Å². The summed E-state index contributed by atoms with van der Waals surface area (Å²) in [6.45, 7) is 5.71. The number of halogens is 3. The average molecular weight is 295 g/mol. The fourth-order valence-electron chi connectivity index (χ4n) is 1.25. The van der Waals surface area contributed by atoms with Crippen molar-refractivity contribution in [2.45, 2.75) is 26.3 Å². The molecule has 0 aliphatic heterocycles. The van der Waals surface area contributed by atoms with Gasteiger partial charge in [-0.3, -0.25) is 0 Å². The number of benzene rings is 1. The summed E-state index contributed by atoms with van der Waals surface area (Å²) in [7, 11) is 0. The molecule has 0 spiro atoms. The third-order valence-corrected chi connectivity index (χ3v) is 4.07. The molecule has 0 saturated carbocycles. The van der Waals surface area contributed by atoms with E-state index in [4.69, 9.17) is 17.3 Å². The second-order valence-electron chi connectivity index (χ2n) is 4.16. The van der Waals surface area contributed by atoms with Crippen LogP contribution in [0.4, 0.5) is 4.39 Å². The fraction of sp³-hybridized carbons (Fsp3) is 0.455. The van der Waals surface area contributed by atoms with Crippen LogP contribution in [0.1, 0.15) is 26.3 Å². The molecule has 1 rings (SSSR count). The van der Waals surface area contributed by atoms with E-state index in [0.29, 0.717) is 10.0 Å². The lowest BCUT2D eigenvalue weighted by Gasteiger charge is -2.30. The average Bonchev–Trinajstić information content (AvgIpc) is 2.13. The van der Waals surface area contributed by atoms with Crippen molar-refractivity contribution in [2.24, 2.45) is 11.7 Å². The molecule has 1 aromatic carbocycles. The van der Waals surface area contributed by atoms with E-state index in [1.165, 1.54) is 0 Å². The molecule has 2 N–H and O–H groups in total. The Balaban J connectivity index is 3.34. The molecule has 1 unspecified atom stereocenters. The monoisotopic (exact) mass is 293 g/mol. The van der Waals surface area contributed by atoms with Gasteiger partial charge in [0.15, 0.2) is 0 Å². The smallest absolute Gasteiger partial charge is 0.147 e. The lowest BCUT2D eigenvalue weighted by atomic mass is 9.82. The molecule has 1 nitrogen and oxygen atoms in total. The highest BCUT2D eigenvalue weighted by atomic mass is 79.9. The van der Waals surface area contributed by atoms with Crippen LogP contribution in [-0.4, -0.2) is 0 Å². The van der Waals surface area contributed by atoms with Gasteiger partial charge < -0.3 is 5.73 Å². The first-order valence-electron chi connectivity index (χ1n) is 4.71. The number of nitrogens with two attached hydrogens (primary N) is 1. The third kappa shape index (κ3) is 2.35. The summed E-state index contributed by atoms with van der Waals surface area (Å²) in [6, 6.07) is 3.39. The zero-order chi connectivity index (χ0) is 11.8. The van der Waals surface area contributed by atoms with Crippen LogP contribution in [0.3, 0.4) is 0 Å². The summed E-state index contributed by atoms with van der Waals surface area (Å²) in [6.07, 6.45) is 0. The molecule has 0 aliphatic carbocycles. The summed E-state index contributed by atoms with van der Waals surface area (Å²) in [5.74, 6) is -0.311. The van der Waals surface area contributed by atoms with Gasteiger partial charge in [-0.25, -0.2) is 4.39 Å². The molecular formula is C11H14BrClFN. The Kier molecular flexibility index (Phi) is 3.80. The minimum atomic E-state index is -0.714. The lowest BCUT2D eigenvalue weighted by molar-refractivity contribution is 0.337. The van der Waals surface area contributed by atoms with Crippen molar-refractivity contribution in [3.05, 3.63) is 33.0 Å². The van der Waals surface area contributed by atoms with Crippen LogP contribution in [0.25, 0.3) is 0 Å². The highest BCUT2D eigenvalue weighted by molar-refractivity contribution is 9.10. The summed E-state index contributed by atoms with van der Waals surface area (Å²) in [5, 5.41) is 0.0878. The molecule has 0 fully saturated rings. The van der Waals surface area contributed by atoms with Crippen LogP contribution in [0, 0.1) is 11.7 Å². The Morgan fingerprint density at radius 2 is 2.00 bits per heavy atom. The van der Waals surface area contributed by atoms with Gasteiger partial charge in [0.25, 0.3) is 0 Å². The minimum Gasteiger partial charge on any atom is -0.321 e. The maximum absolute atomic E-state index is 13.9. The molecule has 0 heterocycles. The number of rotatable bonds is 2. The van der Waals surface area contributed by atoms with E-state index >= 15 is 0 Å². The molecule has 0 aliphatic rings. The molecule has 0 bridgehead atoms. The highest BCUT2D eigenvalue weighted by Crippen LogP contribution is 2.34. The number of hydrogen-bond donors (Lipinski definition) is 1. The van der Waals surface area contributed by atoms with Crippen LogP contribution in [0.15, 0.2) is 16.6 Å². The summed E-state index contributed by atoms with van der Waals surface area (Å²) < 4.78 is 14.4. The first kappa shape index (κ1) is 12.9. The standard InChI is InChI=1S/C11H14BrClFN/c1-6(2)11(3,15)7-4-5-8(12)9(13)10(7)14/h4-6H,15H2,1-3H3. The van der Waals surface area contributed by atoms with Crippen molar-refractivity contribution >= 4 is 27.5 Å². The minimum absolute atomic E-state index is 0.0878. The van der Waals surface area contributed by atoms with Crippen LogP contribution >= 0.6 is 27.5 Å². The van der Waals surface area contributed by atoms with E-state index in [1.807, 2.05) is 13.8 Å². The Hall–Kier alpha value is -0.120. The predicted molar refractivity (Wildman–Crippen MR) is 65.5 cm³/mol. The van der Waals surface area contributed by atoms with Crippen molar-refractivity contribution in [3.8, 4) is 0 Å². The molecule has 0 radical (unpaired) electrons. The van der Waals surface area contributed by atoms with Crippen LogP contribution in [-0.2, 0) is 5.54 Å². The summed E-state index contributed by atoms with van der Waals surface area (Å²) in [4.78, 5) is 0. The van der Waals surface area contributed by atoms with Gasteiger partial charge in [0, 0.05) is 15.6 Å².